The van der Waals surface area contributed by atoms with Crippen LogP contribution in [-0.2, 0) is 6.18 Å². The molecule has 0 radical (unpaired) electrons. The van der Waals surface area contributed by atoms with Crippen molar-refractivity contribution in [2.24, 2.45) is 0 Å². The van der Waals surface area contributed by atoms with E-state index < -0.39 is 23.3 Å². The van der Waals surface area contributed by atoms with Crippen LogP contribution in [-0.4, -0.2) is 22.6 Å². The summed E-state index contributed by atoms with van der Waals surface area (Å²) in [6.07, 6.45) is -2.41. The van der Waals surface area contributed by atoms with Crippen LogP contribution < -0.4 is 5.32 Å². The van der Waals surface area contributed by atoms with Gasteiger partial charge in [-0.05, 0) is 0 Å². The summed E-state index contributed by atoms with van der Waals surface area (Å²) in [5, 5.41) is 7.16. The Morgan fingerprint density at radius 3 is 2.87 bits per heavy atom. The highest BCUT2D eigenvalue weighted by atomic mass is 19.4. The van der Waals surface area contributed by atoms with Gasteiger partial charge in [0.05, 0.1) is 11.8 Å². The molecule has 15 heavy (non-hydrogen) atoms. The molecule has 0 spiro atoms. The molecule has 0 unspecified atom stereocenters. The Morgan fingerprint density at radius 2 is 2.33 bits per heavy atom. The molecule has 0 saturated heterocycles. The van der Waals surface area contributed by atoms with Crippen LogP contribution in [0.5, 0.6) is 0 Å². The molecule has 0 aliphatic carbocycles. The zero-order valence-electron chi connectivity index (χ0n) is 7.56. The highest BCUT2D eigenvalue weighted by molar-refractivity contribution is 5.95. The van der Waals surface area contributed by atoms with E-state index in [4.69, 9.17) is 0 Å². The van der Waals surface area contributed by atoms with Crippen LogP contribution in [0.25, 0.3) is 0 Å². The maximum absolute atomic E-state index is 12.3. The minimum Gasteiger partial charge on any atom is -0.348 e. The highest BCUT2D eigenvalue weighted by Crippen LogP contribution is 2.29. The largest absolute Gasteiger partial charge is 0.433 e. The second kappa shape index (κ2) is 4.16. The van der Waals surface area contributed by atoms with Gasteiger partial charge in [-0.15, -0.1) is 6.58 Å². The monoisotopic (exact) mass is 219 g/mol. The lowest BCUT2D eigenvalue weighted by atomic mass is 10.2. The number of amides is 1. The van der Waals surface area contributed by atoms with Crippen molar-refractivity contribution in [2.45, 2.75) is 6.18 Å². The Labute approximate surface area is 83.2 Å². The Kier molecular flexibility index (Phi) is 3.13. The molecule has 1 aromatic heterocycles. The fraction of sp³-hybridized carbons (Fsp3) is 0.250. The molecule has 1 heterocycles. The van der Waals surface area contributed by atoms with Crippen molar-refractivity contribution in [1.29, 1.82) is 0 Å². The SMILES string of the molecule is C=CCNC(=O)c1cn[nH]c1C(F)(F)F. The summed E-state index contributed by atoms with van der Waals surface area (Å²) in [6.45, 7) is 3.42. The number of H-pyrrole nitrogens is 1. The molecule has 0 aliphatic heterocycles. The van der Waals surface area contributed by atoms with Gasteiger partial charge in [0, 0.05) is 6.54 Å². The number of hydrogen-bond acceptors (Lipinski definition) is 2. The van der Waals surface area contributed by atoms with Gasteiger partial charge in [0.15, 0.2) is 5.69 Å². The average Bonchev–Trinajstić information content (AvgIpc) is 2.61. The van der Waals surface area contributed by atoms with E-state index in [2.05, 4.69) is 17.0 Å². The molecule has 0 saturated carbocycles. The first-order chi connectivity index (χ1) is 6.96. The molecule has 7 heteroatoms. The predicted molar refractivity (Wildman–Crippen MR) is 46.1 cm³/mol. The number of hydrogen-bond donors (Lipinski definition) is 2. The first kappa shape index (κ1) is 11.3. The summed E-state index contributed by atoms with van der Waals surface area (Å²) in [4.78, 5) is 11.2. The number of aromatic amines is 1. The van der Waals surface area contributed by atoms with E-state index in [0.717, 1.165) is 6.20 Å². The quantitative estimate of drug-likeness (QED) is 0.754. The highest BCUT2D eigenvalue weighted by Gasteiger charge is 2.37. The summed E-state index contributed by atoms with van der Waals surface area (Å²) >= 11 is 0. The van der Waals surface area contributed by atoms with Crippen LogP contribution in [0.3, 0.4) is 0 Å². The topological polar surface area (TPSA) is 57.8 Å². The number of halogens is 3. The fourth-order valence-electron chi connectivity index (χ4n) is 0.934. The third kappa shape index (κ3) is 2.58. The van der Waals surface area contributed by atoms with Crippen LogP contribution >= 0.6 is 0 Å². The summed E-state index contributed by atoms with van der Waals surface area (Å²) in [5.74, 6) is -0.837. The Bertz CT molecular complexity index is 369. The van der Waals surface area contributed by atoms with E-state index in [1.165, 1.54) is 6.08 Å². The van der Waals surface area contributed by atoms with Crippen LogP contribution in [0.4, 0.5) is 13.2 Å². The van der Waals surface area contributed by atoms with Crippen molar-refractivity contribution in [3.63, 3.8) is 0 Å². The van der Waals surface area contributed by atoms with Gasteiger partial charge in [0.2, 0.25) is 0 Å². The minimum absolute atomic E-state index is 0.0985. The number of nitrogens with zero attached hydrogens (tertiary/aromatic N) is 1. The molecule has 1 aromatic rings. The van der Waals surface area contributed by atoms with Crippen molar-refractivity contribution in [3.8, 4) is 0 Å². The number of carbonyl (C=O) groups is 1. The van der Waals surface area contributed by atoms with Crippen LogP contribution in [0, 0.1) is 0 Å². The van der Waals surface area contributed by atoms with Crippen molar-refractivity contribution in [3.05, 3.63) is 30.1 Å². The van der Waals surface area contributed by atoms with Crippen LogP contribution in [0.2, 0.25) is 0 Å². The lowest BCUT2D eigenvalue weighted by Gasteiger charge is -2.06. The average molecular weight is 219 g/mol. The number of rotatable bonds is 3. The van der Waals surface area contributed by atoms with Crippen molar-refractivity contribution >= 4 is 5.91 Å². The number of aromatic nitrogens is 2. The lowest BCUT2D eigenvalue weighted by Crippen LogP contribution is -2.25. The van der Waals surface area contributed by atoms with Crippen molar-refractivity contribution < 1.29 is 18.0 Å². The molecular formula is C8H8F3N3O. The minimum atomic E-state index is -4.61. The van der Waals surface area contributed by atoms with E-state index in [-0.39, 0.29) is 6.54 Å². The van der Waals surface area contributed by atoms with Gasteiger partial charge in [0.25, 0.3) is 5.91 Å². The van der Waals surface area contributed by atoms with Gasteiger partial charge in [0.1, 0.15) is 0 Å². The number of carbonyl (C=O) groups excluding carboxylic acids is 1. The van der Waals surface area contributed by atoms with Gasteiger partial charge in [-0.2, -0.15) is 18.3 Å². The molecule has 82 valence electrons. The van der Waals surface area contributed by atoms with E-state index >= 15 is 0 Å². The van der Waals surface area contributed by atoms with Gasteiger partial charge in [-0.1, -0.05) is 6.08 Å². The summed E-state index contributed by atoms with van der Waals surface area (Å²) < 4.78 is 36.9. The summed E-state index contributed by atoms with van der Waals surface area (Å²) in [6, 6.07) is 0. The Morgan fingerprint density at radius 1 is 1.67 bits per heavy atom. The summed E-state index contributed by atoms with van der Waals surface area (Å²) in [5.41, 5.74) is -1.67. The normalized spacial score (nSPS) is 11.1. The van der Waals surface area contributed by atoms with Gasteiger partial charge < -0.3 is 5.32 Å². The van der Waals surface area contributed by atoms with Crippen molar-refractivity contribution in [1.82, 2.24) is 15.5 Å². The predicted octanol–water partition coefficient (Wildman–Crippen LogP) is 1.34. The Balaban J connectivity index is 2.90. The van der Waals surface area contributed by atoms with Gasteiger partial charge in [-0.3, -0.25) is 9.89 Å². The molecule has 1 amide bonds. The molecule has 2 N–H and O–H groups in total. The van der Waals surface area contributed by atoms with E-state index in [1.807, 2.05) is 0 Å². The molecule has 0 atom stereocenters. The third-order valence-corrected chi connectivity index (χ3v) is 1.57. The number of alkyl halides is 3. The molecule has 0 fully saturated rings. The third-order valence-electron chi connectivity index (χ3n) is 1.57. The van der Waals surface area contributed by atoms with E-state index in [1.54, 1.807) is 5.10 Å². The maximum atomic E-state index is 12.3. The number of nitrogens with one attached hydrogen (secondary N) is 2. The van der Waals surface area contributed by atoms with E-state index in [0.29, 0.717) is 0 Å². The van der Waals surface area contributed by atoms with Crippen molar-refractivity contribution in [2.75, 3.05) is 6.54 Å². The second-order valence-electron chi connectivity index (χ2n) is 2.66. The second-order valence-corrected chi connectivity index (χ2v) is 2.66. The van der Waals surface area contributed by atoms with E-state index in [9.17, 15) is 18.0 Å². The van der Waals surface area contributed by atoms with Crippen LogP contribution in [0.1, 0.15) is 16.1 Å². The maximum Gasteiger partial charge on any atom is 0.433 e. The molecular weight excluding hydrogens is 211 g/mol. The van der Waals surface area contributed by atoms with Gasteiger partial charge >= 0.3 is 6.18 Å². The fourth-order valence-corrected chi connectivity index (χ4v) is 0.934. The molecule has 1 rings (SSSR count). The molecule has 4 nitrogen and oxygen atoms in total. The summed E-state index contributed by atoms with van der Waals surface area (Å²) in [7, 11) is 0. The van der Waals surface area contributed by atoms with Crippen LogP contribution in [0.15, 0.2) is 18.9 Å². The smallest absolute Gasteiger partial charge is 0.348 e. The first-order valence-electron chi connectivity index (χ1n) is 3.96. The molecule has 0 bridgehead atoms. The molecule has 0 aromatic carbocycles. The standard InChI is InChI=1S/C8H8F3N3O/c1-2-3-12-7(15)5-4-13-14-6(5)8(9,10)11/h2,4H,1,3H2,(H,12,15)(H,13,14). The Hall–Kier alpha value is -1.79. The zero-order valence-corrected chi connectivity index (χ0v) is 7.56. The van der Waals surface area contributed by atoms with Gasteiger partial charge in [-0.25, -0.2) is 0 Å². The molecule has 0 aliphatic rings. The first-order valence-corrected chi connectivity index (χ1v) is 3.96. The lowest BCUT2D eigenvalue weighted by molar-refractivity contribution is -0.141. The zero-order chi connectivity index (χ0) is 11.5.